The van der Waals surface area contributed by atoms with Crippen LogP contribution in [0.15, 0.2) is 21.8 Å². The summed E-state index contributed by atoms with van der Waals surface area (Å²) >= 11 is 0. The Balaban J connectivity index is 2.97. The second-order valence-corrected chi connectivity index (χ2v) is 4.40. The summed E-state index contributed by atoms with van der Waals surface area (Å²) in [7, 11) is 0. The summed E-state index contributed by atoms with van der Waals surface area (Å²) in [4.78, 5) is 11.2. The molecule has 0 aromatic heterocycles. The van der Waals surface area contributed by atoms with E-state index in [1.165, 1.54) is 0 Å². The molecule has 0 unspecified atom stereocenters. The molecule has 0 bridgehead atoms. The summed E-state index contributed by atoms with van der Waals surface area (Å²) in [6.07, 6.45) is 4.89. The molecule has 0 fully saturated rings. The molecule has 15 heavy (non-hydrogen) atoms. The van der Waals surface area contributed by atoms with E-state index in [1.807, 2.05) is 13.1 Å². The van der Waals surface area contributed by atoms with Gasteiger partial charge in [-0.3, -0.25) is 0 Å². The van der Waals surface area contributed by atoms with Gasteiger partial charge < -0.3 is 4.90 Å². The van der Waals surface area contributed by atoms with E-state index in [2.05, 4.69) is 48.7 Å². The molecule has 0 atom stereocenters. The third-order valence-corrected chi connectivity index (χ3v) is 2.35. The Morgan fingerprint density at radius 3 is 2.33 bits per heavy atom. The summed E-state index contributed by atoms with van der Waals surface area (Å²) in [6, 6.07) is 0.846. The van der Waals surface area contributed by atoms with E-state index in [4.69, 9.17) is 0 Å². The van der Waals surface area contributed by atoms with Gasteiger partial charge in [0.05, 0.1) is 0 Å². The van der Waals surface area contributed by atoms with E-state index in [1.54, 1.807) is 0 Å². The number of aliphatic imine (C=N–C) groups is 2. The first kappa shape index (κ1) is 12.0. The molecule has 0 saturated heterocycles. The standard InChI is InChI=1S/C12H21N3/c1-9(2)15(10(3)4)12-13-8-6-7-11(5)14-12/h7-10H,6H2,1-5H3. The Bertz CT molecular complexity index is 290. The lowest BCUT2D eigenvalue weighted by Crippen LogP contribution is -2.41. The molecule has 0 radical (unpaired) electrons. The smallest absolute Gasteiger partial charge is 0.225 e. The summed E-state index contributed by atoms with van der Waals surface area (Å²) in [5, 5.41) is 0. The summed E-state index contributed by atoms with van der Waals surface area (Å²) < 4.78 is 0. The Kier molecular flexibility index (Phi) is 4.06. The molecule has 0 amide bonds. The van der Waals surface area contributed by atoms with Crippen LogP contribution in [0.1, 0.15) is 41.0 Å². The van der Waals surface area contributed by atoms with Crippen molar-refractivity contribution in [1.29, 1.82) is 0 Å². The number of hydrogen-bond acceptors (Lipinski definition) is 3. The van der Waals surface area contributed by atoms with Crippen LogP contribution in [-0.2, 0) is 0 Å². The van der Waals surface area contributed by atoms with Gasteiger partial charge in [0.2, 0.25) is 5.96 Å². The van der Waals surface area contributed by atoms with Gasteiger partial charge in [-0.25, -0.2) is 9.98 Å². The molecule has 3 nitrogen and oxygen atoms in total. The number of guanidine groups is 1. The first-order valence-electron chi connectivity index (χ1n) is 5.58. The van der Waals surface area contributed by atoms with Gasteiger partial charge in [-0.05, 0) is 34.6 Å². The molecule has 84 valence electrons. The third-order valence-electron chi connectivity index (χ3n) is 2.35. The number of rotatable bonds is 2. The van der Waals surface area contributed by atoms with Gasteiger partial charge in [0.25, 0.3) is 0 Å². The summed E-state index contributed by atoms with van der Waals surface area (Å²) in [5.41, 5.74) is 1.05. The van der Waals surface area contributed by atoms with Gasteiger partial charge in [0.15, 0.2) is 0 Å². The molecule has 1 aliphatic rings. The predicted octanol–water partition coefficient (Wildman–Crippen LogP) is 2.84. The van der Waals surface area contributed by atoms with Crippen molar-refractivity contribution in [2.24, 2.45) is 9.98 Å². The van der Waals surface area contributed by atoms with E-state index in [0.717, 1.165) is 18.1 Å². The summed E-state index contributed by atoms with van der Waals surface area (Å²) in [5.74, 6) is 0.839. The zero-order chi connectivity index (χ0) is 11.4. The van der Waals surface area contributed by atoms with E-state index in [9.17, 15) is 0 Å². The maximum Gasteiger partial charge on any atom is 0.225 e. The molecule has 3 heteroatoms. The molecule has 1 rings (SSSR count). The van der Waals surface area contributed by atoms with Gasteiger partial charge >= 0.3 is 0 Å². The molecule has 0 aliphatic carbocycles. The van der Waals surface area contributed by atoms with Crippen molar-refractivity contribution in [2.75, 3.05) is 0 Å². The molecule has 0 spiro atoms. The Labute approximate surface area is 92.6 Å². The van der Waals surface area contributed by atoms with E-state index >= 15 is 0 Å². The van der Waals surface area contributed by atoms with Gasteiger partial charge in [-0.2, -0.15) is 0 Å². The topological polar surface area (TPSA) is 28.0 Å². The second-order valence-electron chi connectivity index (χ2n) is 4.40. The fourth-order valence-corrected chi connectivity index (χ4v) is 1.77. The Morgan fingerprint density at radius 1 is 1.20 bits per heavy atom. The molecule has 0 saturated carbocycles. The highest BCUT2D eigenvalue weighted by molar-refractivity contribution is 5.90. The molecule has 1 heterocycles. The lowest BCUT2D eigenvalue weighted by Gasteiger charge is -2.31. The number of nitrogens with zero attached hydrogens (tertiary/aromatic N) is 3. The monoisotopic (exact) mass is 207 g/mol. The number of hydrogen-bond donors (Lipinski definition) is 0. The Hall–Kier alpha value is -1.12. The lowest BCUT2D eigenvalue weighted by molar-refractivity contribution is 0.289. The minimum Gasteiger partial charge on any atom is -0.336 e. The van der Waals surface area contributed by atoms with Crippen molar-refractivity contribution in [3.05, 3.63) is 11.8 Å². The first-order valence-corrected chi connectivity index (χ1v) is 5.58. The second kappa shape index (κ2) is 5.10. The molecule has 1 aliphatic heterocycles. The van der Waals surface area contributed by atoms with Crippen molar-refractivity contribution in [2.45, 2.75) is 53.1 Å². The van der Waals surface area contributed by atoms with Crippen molar-refractivity contribution < 1.29 is 0 Å². The highest BCUT2D eigenvalue weighted by atomic mass is 15.3. The molecule has 0 N–H and O–H groups in total. The van der Waals surface area contributed by atoms with Crippen LogP contribution in [-0.4, -0.2) is 29.2 Å². The van der Waals surface area contributed by atoms with E-state index in [-0.39, 0.29) is 0 Å². The zero-order valence-electron chi connectivity index (χ0n) is 10.4. The fourth-order valence-electron chi connectivity index (χ4n) is 1.77. The van der Waals surface area contributed by atoms with Crippen LogP contribution in [0.4, 0.5) is 0 Å². The van der Waals surface area contributed by atoms with Crippen molar-refractivity contribution >= 4 is 12.2 Å². The predicted molar refractivity (Wildman–Crippen MR) is 66.4 cm³/mol. The van der Waals surface area contributed by atoms with Crippen LogP contribution in [0, 0.1) is 0 Å². The van der Waals surface area contributed by atoms with Crippen molar-refractivity contribution in [3.8, 4) is 0 Å². The van der Waals surface area contributed by atoms with Crippen molar-refractivity contribution in [3.63, 3.8) is 0 Å². The van der Waals surface area contributed by atoms with Crippen LogP contribution >= 0.6 is 0 Å². The SMILES string of the molecule is CC1=CCC=NC(N(C(C)C)C(C)C)=N1. The minimum atomic E-state index is 0.423. The first-order chi connectivity index (χ1) is 7.02. The van der Waals surface area contributed by atoms with Gasteiger partial charge in [0.1, 0.15) is 0 Å². The maximum absolute atomic E-state index is 4.52. The van der Waals surface area contributed by atoms with Gasteiger partial charge in [-0.15, -0.1) is 0 Å². The number of allylic oxidation sites excluding steroid dienone is 2. The fraction of sp³-hybridized carbons (Fsp3) is 0.667. The zero-order valence-corrected chi connectivity index (χ0v) is 10.4. The van der Waals surface area contributed by atoms with Crippen LogP contribution in [0.3, 0.4) is 0 Å². The van der Waals surface area contributed by atoms with Crippen molar-refractivity contribution in [1.82, 2.24) is 4.90 Å². The average molecular weight is 207 g/mol. The van der Waals surface area contributed by atoms with Crippen LogP contribution in [0.25, 0.3) is 0 Å². The van der Waals surface area contributed by atoms with E-state index < -0.39 is 0 Å². The average Bonchev–Trinajstić information content (AvgIpc) is 2.28. The molecular weight excluding hydrogens is 186 g/mol. The normalized spacial score (nSPS) is 16.5. The van der Waals surface area contributed by atoms with Crippen LogP contribution in [0.2, 0.25) is 0 Å². The summed E-state index contributed by atoms with van der Waals surface area (Å²) in [6.45, 7) is 10.7. The van der Waals surface area contributed by atoms with Gasteiger partial charge in [-0.1, -0.05) is 6.08 Å². The third kappa shape index (κ3) is 3.18. The molecule has 0 aromatic rings. The Morgan fingerprint density at radius 2 is 1.80 bits per heavy atom. The van der Waals surface area contributed by atoms with Crippen LogP contribution in [0.5, 0.6) is 0 Å². The molecular formula is C12H21N3. The highest BCUT2D eigenvalue weighted by Crippen LogP contribution is 2.11. The maximum atomic E-state index is 4.52. The van der Waals surface area contributed by atoms with E-state index in [0.29, 0.717) is 12.1 Å². The molecule has 0 aromatic carbocycles. The van der Waals surface area contributed by atoms with Crippen LogP contribution < -0.4 is 0 Å². The van der Waals surface area contributed by atoms with Gasteiger partial charge in [0, 0.05) is 30.4 Å². The minimum absolute atomic E-state index is 0.423. The largest absolute Gasteiger partial charge is 0.336 e. The lowest BCUT2D eigenvalue weighted by atomic mass is 10.2. The quantitative estimate of drug-likeness (QED) is 0.684. The highest BCUT2D eigenvalue weighted by Gasteiger charge is 2.17.